The number of hydrogen-bond acceptors (Lipinski definition) is 8. The Morgan fingerprint density at radius 1 is 1.19 bits per heavy atom. The maximum absolute atomic E-state index is 9.87. The number of ether oxygens (including phenoxy) is 1. The Bertz CT molecular complexity index is 1100. The van der Waals surface area contributed by atoms with Crippen molar-refractivity contribution in [1.29, 1.82) is 5.26 Å². The van der Waals surface area contributed by atoms with Gasteiger partial charge >= 0.3 is 0 Å². The van der Waals surface area contributed by atoms with Gasteiger partial charge in [-0.05, 0) is 38.0 Å². The predicted molar refractivity (Wildman–Crippen MR) is 117 cm³/mol. The Morgan fingerprint density at radius 2 is 1.94 bits per heavy atom. The van der Waals surface area contributed by atoms with Crippen molar-refractivity contribution in [1.82, 2.24) is 15.0 Å². The number of pyridine rings is 1. The monoisotopic (exact) mass is 416 g/mol. The van der Waals surface area contributed by atoms with Gasteiger partial charge in [-0.3, -0.25) is 0 Å². The van der Waals surface area contributed by atoms with Crippen molar-refractivity contribution in [2.24, 2.45) is 5.73 Å². The fraction of sp³-hybridized carbons (Fsp3) is 0.304. The van der Waals surface area contributed by atoms with Crippen LogP contribution in [0.1, 0.15) is 35.8 Å². The van der Waals surface area contributed by atoms with Gasteiger partial charge in [0.15, 0.2) is 5.82 Å². The molecule has 1 atom stereocenters. The molecule has 3 N–H and O–H groups in total. The standard InChI is InChI=1S/C23H24N6O2/c1-15-8-18(10-22(28-15)29-6-2-3-7-29)31-21-9-16(11-24)4-5-19(21)23-26-13-17(14-27-23)20(30)12-25/h4-5,8-10,13-14,20,30H,2-3,6-7,12,25H2,1H3. The van der Waals surface area contributed by atoms with Crippen molar-refractivity contribution >= 4 is 5.82 Å². The Labute approximate surface area is 181 Å². The third-order valence-electron chi connectivity index (χ3n) is 5.20. The Hall–Kier alpha value is -3.54. The van der Waals surface area contributed by atoms with E-state index < -0.39 is 6.10 Å². The molecule has 3 heterocycles. The van der Waals surface area contributed by atoms with E-state index in [-0.39, 0.29) is 6.54 Å². The van der Waals surface area contributed by atoms with Gasteiger partial charge in [0.25, 0.3) is 0 Å². The molecule has 0 saturated carbocycles. The fourth-order valence-electron chi connectivity index (χ4n) is 3.56. The Morgan fingerprint density at radius 3 is 2.61 bits per heavy atom. The minimum Gasteiger partial charge on any atom is -0.456 e. The van der Waals surface area contributed by atoms with Crippen LogP contribution in [0.4, 0.5) is 5.82 Å². The number of aliphatic hydroxyl groups excluding tert-OH is 1. The minimum atomic E-state index is -0.811. The van der Waals surface area contributed by atoms with E-state index in [1.807, 2.05) is 19.1 Å². The van der Waals surface area contributed by atoms with Crippen LogP contribution in [0, 0.1) is 18.3 Å². The second kappa shape index (κ2) is 9.08. The van der Waals surface area contributed by atoms with Gasteiger partial charge in [0, 0.05) is 55.4 Å². The van der Waals surface area contributed by atoms with Crippen LogP contribution in [0.15, 0.2) is 42.7 Å². The molecule has 1 fully saturated rings. The smallest absolute Gasteiger partial charge is 0.162 e. The van der Waals surface area contributed by atoms with Gasteiger partial charge in [-0.25, -0.2) is 15.0 Å². The first-order valence-electron chi connectivity index (χ1n) is 10.2. The molecule has 0 spiro atoms. The van der Waals surface area contributed by atoms with Gasteiger partial charge in [-0.2, -0.15) is 5.26 Å². The summed E-state index contributed by atoms with van der Waals surface area (Å²) in [5.41, 5.74) is 8.01. The normalized spacial score (nSPS) is 14.3. The molecule has 8 heteroatoms. The topological polar surface area (TPSA) is 121 Å². The first kappa shape index (κ1) is 20.7. The maximum Gasteiger partial charge on any atom is 0.162 e. The molecule has 0 radical (unpaired) electrons. The lowest BCUT2D eigenvalue weighted by Crippen LogP contribution is -2.19. The number of aromatic nitrogens is 3. The summed E-state index contributed by atoms with van der Waals surface area (Å²) in [6.45, 7) is 4.00. The van der Waals surface area contributed by atoms with Crippen LogP contribution in [-0.4, -0.2) is 39.7 Å². The Balaban J connectivity index is 1.69. The average molecular weight is 416 g/mol. The number of hydrogen-bond donors (Lipinski definition) is 2. The molecule has 158 valence electrons. The highest BCUT2D eigenvalue weighted by molar-refractivity contribution is 5.66. The lowest BCUT2D eigenvalue weighted by atomic mass is 10.1. The number of benzene rings is 1. The van der Waals surface area contributed by atoms with Crippen molar-refractivity contribution in [3.63, 3.8) is 0 Å². The van der Waals surface area contributed by atoms with Crippen molar-refractivity contribution < 1.29 is 9.84 Å². The van der Waals surface area contributed by atoms with Crippen LogP contribution in [0.25, 0.3) is 11.4 Å². The maximum atomic E-state index is 9.87. The van der Waals surface area contributed by atoms with Crippen LogP contribution in [0.5, 0.6) is 11.5 Å². The lowest BCUT2D eigenvalue weighted by molar-refractivity contribution is 0.186. The molecular weight excluding hydrogens is 392 g/mol. The highest BCUT2D eigenvalue weighted by Gasteiger charge is 2.17. The molecule has 0 bridgehead atoms. The molecule has 8 nitrogen and oxygen atoms in total. The second-order valence-electron chi connectivity index (χ2n) is 7.51. The molecule has 1 unspecified atom stereocenters. The lowest BCUT2D eigenvalue weighted by Gasteiger charge is -2.18. The number of nitriles is 1. The summed E-state index contributed by atoms with van der Waals surface area (Å²) in [6.07, 6.45) is 4.60. The molecule has 2 aromatic heterocycles. The number of rotatable bonds is 6. The molecule has 3 aromatic rings. The number of nitrogens with zero attached hydrogens (tertiary/aromatic N) is 5. The van der Waals surface area contributed by atoms with Crippen molar-refractivity contribution in [2.75, 3.05) is 24.5 Å². The third-order valence-corrected chi connectivity index (χ3v) is 5.20. The quantitative estimate of drug-likeness (QED) is 0.629. The Kier molecular flexibility index (Phi) is 6.07. The van der Waals surface area contributed by atoms with E-state index in [4.69, 9.17) is 10.5 Å². The van der Waals surface area contributed by atoms with Crippen LogP contribution in [0.2, 0.25) is 0 Å². The zero-order valence-corrected chi connectivity index (χ0v) is 17.3. The van der Waals surface area contributed by atoms with Crippen molar-refractivity contribution in [3.05, 3.63) is 59.5 Å². The van der Waals surface area contributed by atoms with Crippen LogP contribution >= 0.6 is 0 Å². The SMILES string of the molecule is Cc1cc(Oc2cc(C#N)ccc2-c2ncc(C(O)CN)cn2)cc(N2CCCC2)n1. The van der Waals surface area contributed by atoms with Gasteiger partial charge in [0.05, 0.1) is 23.3 Å². The largest absolute Gasteiger partial charge is 0.456 e. The predicted octanol–water partition coefficient (Wildman–Crippen LogP) is 3.10. The van der Waals surface area contributed by atoms with Gasteiger partial charge in [0.2, 0.25) is 0 Å². The highest BCUT2D eigenvalue weighted by atomic mass is 16.5. The zero-order valence-electron chi connectivity index (χ0n) is 17.3. The molecule has 1 saturated heterocycles. The van der Waals surface area contributed by atoms with E-state index >= 15 is 0 Å². The molecule has 4 rings (SSSR count). The highest BCUT2D eigenvalue weighted by Crippen LogP contribution is 2.34. The van der Waals surface area contributed by atoms with E-state index in [1.165, 1.54) is 0 Å². The first-order chi connectivity index (χ1) is 15.1. The summed E-state index contributed by atoms with van der Waals surface area (Å²) in [5, 5.41) is 19.2. The van der Waals surface area contributed by atoms with Crippen LogP contribution in [-0.2, 0) is 0 Å². The van der Waals surface area contributed by atoms with Gasteiger partial charge in [-0.15, -0.1) is 0 Å². The molecule has 0 amide bonds. The zero-order chi connectivity index (χ0) is 21.8. The van der Waals surface area contributed by atoms with Gasteiger partial charge in [-0.1, -0.05) is 0 Å². The fourth-order valence-corrected chi connectivity index (χ4v) is 3.56. The average Bonchev–Trinajstić information content (AvgIpc) is 3.33. The van der Waals surface area contributed by atoms with Crippen LogP contribution < -0.4 is 15.4 Å². The third kappa shape index (κ3) is 4.63. The summed E-state index contributed by atoms with van der Waals surface area (Å²) in [4.78, 5) is 15.6. The van der Waals surface area contributed by atoms with E-state index in [1.54, 1.807) is 30.6 Å². The summed E-state index contributed by atoms with van der Waals surface area (Å²) < 4.78 is 6.22. The number of nitrogens with two attached hydrogens (primary N) is 1. The van der Waals surface area contributed by atoms with E-state index in [9.17, 15) is 10.4 Å². The van der Waals surface area contributed by atoms with Crippen molar-refractivity contribution in [3.8, 4) is 29.0 Å². The minimum absolute atomic E-state index is 0.0919. The molecule has 1 aromatic carbocycles. The molecular formula is C23H24N6O2. The summed E-state index contributed by atoms with van der Waals surface area (Å²) in [6, 6.07) is 11.1. The molecule has 1 aliphatic heterocycles. The van der Waals surface area contributed by atoms with E-state index in [0.29, 0.717) is 34.0 Å². The van der Waals surface area contributed by atoms with Crippen molar-refractivity contribution in [2.45, 2.75) is 25.9 Å². The van der Waals surface area contributed by atoms with E-state index in [0.717, 1.165) is 37.4 Å². The van der Waals surface area contributed by atoms with Crippen LogP contribution in [0.3, 0.4) is 0 Å². The molecule has 0 aliphatic carbocycles. The second-order valence-corrected chi connectivity index (χ2v) is 7.51. The summed E-state index contributed by atoms with van der Waals surface area (Å²) in [5.74, 6) is 2.44. The summed E-state index contributed by atoms with van der Waals surface area (Å²) in [7, 11) is 0. The van der Waals surface area contributed by atoms with E-state index in [2.05, 4.69) is 25.9 Å². The number of anilines is 1. The van der Waals surface area contributed by atoms with Gasteiger partial charge < -0.3 is 20.5 Å². The number of aliphatic hydroxyl groups is 1. The van der Waals surface area contributed by atoms with Gasteiger partial charge in [0.1, 0.15) is 17.3 Å². The first-order valence-corrected chi connectivity index (χ1v) is 10.2. The molecule has 1 aliphatic rings. The molecule has 31 heavy (non-hydrogen) atoms. The number of aryl methyl sites for hydroxylation is 1. The summed E-state index contributed by atoms with van der Waals surface area (Å²) >= 11 is 0.